The van der Waals surface area contributed by atoms with Crippen LogP contribution >= 0.6 is 0 Å². The van der Waals surface area contributed by atoms with Crippen LogP contribution < -0.4 is 10.2 Å². The van der Waals surface area contributed by atoms with Crippen molar-refractivity contribution in [2.45, 2.75) is 52.1 Å². The molecule has 0 aliphatic heterocycles. The zero-order chi connectivity index (χ0) is 15.5. The summed E-state index contributed by atoms with van der Waals surface area (Å²) in [5, 5.41) is 18.0. The number of benzene rings is 1. The maximum Gasteiger partial charge on any atom is 0.488 e. The van der Waals surface area contributed by atoms with Gasteiger partial charge in [0, 0.05) is 0 Å². The fourth-order valence-electron chi connectivity index (χ4n) is 2.09. The summed E-state index contributed by atoms with van der Waals surface area (Å²) >= 11 is 0. The van der Waals surface area contributed by atoms with Gasteiger partial charge in [-0.25, -0.2) is 0 Å². The third-order valence-electron chi connectivity index (χ3n) is 3.40. The number of unbranched alkanes of at least 4 members (excludes halogenated alkanes) is 3. The molecular weight excluding hydrogens is 267 g/mol. The van der Waals surface area contributed by atoms with Crippen molar-refractivity contribution in [2.24, 2.45) is 0 Å². The van der Waals surface area contributed by atoms with Crippen LogP contribution in [0.25, 0.3) is 0 Å². The summed E-state index contributed by atoms with van der Waals surface area (Å²) in [6.45, 7) is 5.38. The van der Waals surface area contributed by atoms with E-state index in [1.807, 2.05) is 0 Å². The fourth-order valence-corrected chi connectivity index (χ4v) is 2.09. The van der Waals surface area contributed by atoms with Crippen molar-refractivity contribution in [3.8, 4) is 5.75 Å². The molecule has 0 aliphatic rings. The Morgan fingerprint density at radius 3 is 2.38 bits per heavy atom. The molecule has 21 heavy (non-hydrogen) atoms. The molecule has 0 bridgehead atoms. The minimum atomic E-state index is -1.43. The SMILES string of the molecule is CCCCCCC(C)OCCOc1ccc(B(O)O)cc1. The van der Waals surface area contributed by atoms with Crippen LogP contribution in [0.1, 0.15) is 46.0 Å². The molecule has 1 unspecified atom stereocenters. The van der Waals surface area contributed by atoms with Crippen molar-refractivity contribution >= 4 is 12.6 Å². The van der Waals surface area contributed by atoms with Gasteiger partial charge in [0.2, 0.25) is 0 Å². The van der Waals surface area contributed by atoms with Crippen LogP contribution in [0.15, 0.2) is 24.3 Å². The molecule has 4 nitrogen and oxygen atoms in total. The first kappa shape index (κ1) is 18.0. The van der Waals surface area contributed by atoms with Gasteiger partial charge in [0.25, 0.3) is 0 Å². The lowest BCUT2D eigenvalue weighted by Crippen LogP contribution is -2.29. The van der Waals surface area contributed by atoms with Crippen LogP contribution in [0.4, 0.5) is 0 Å². The summed E-state index contributed by atoms with van der Waals surface area (Å²) in [5.74, 6) is 0.707. The third kappa shape index (κ3) is 8.10. The zero-order valence-electron chi connectivity index (χ0n) is 13.1. The van der Waals surface area contributed by atoms with Crippen LogP contribution in [0, 0.1) is 0 Å². The van der Waals surface area contributed by atoms with Gasteiger partial charge in [-0.2, -0.15) is 0 Å². The first-order chi connectivity index (χ1) is 10.1. The summed E-state index contributed by atoms with van der Waals surface area (Å²) in [6.07, 6.45) is 6.44. The normalized spacial score (nSPS) is 12.2. The molecule has 0 fully saturated rings. The van der Waals surface area contributed by atoms with Gasteiger partial charge in [-0.3, -0.25) is 0 Å². The second-order valence-electron chi connectivity index (χ2n) is 5.32. The van der Waals surface area contributed by atoms with Gasteiger partial charge < -0.3 is 19.5 Å². The Labute approximate surface area is 128 Å². The van der Waals surface area contributed by atoms with Gasteiger partial charge >= 0.3 is 7.12 Å². The largest absolute Gasteiger partial charge is 0.491 e. The van der Waals surface area contributed by atoms with Gasteiger partial charge in [-0.1, -0.05) is 44.7 Å². The molecule has 1 rings (SSSR count). The highest BCUT2D eigenvalue weighted by Gasteiger charge is 2.09. The topological polar surface area (TPSA) is 58.9 Å². The quantitative estimate of drug-likeness (QED) is 0.485. The van der Waals surface area contributed by atoms with E-state index in [1.165, 1.54) is 25.7 Å². The summed E-state index contributed by atoms with van der Waals surface area (Å²) in [6, 6.07) is 6.72. The van der Waals surface area contributed by atoms with E-state index in [9.17, 15) is 0 Å². The van der Waals surface area contributed by atoms with Crippen molar-refractivity contribution < 1.29 is 19.5 Å². The molecule has 0 saturated carbocycles. The smallest absolute Gasteiger partial charge is 0.488 e. The number of ether oxygens (including phenoxy) is 2. The first-order valence-electron chi connectivity index (χ1n) is 7.84. The molecule has 0 radical (unpaired) electrons. The highest BCUT2D eigenvalue weighted by molar-refractivity contribution is 6.58. The fraction of sp³-hybridized carbons (Fsp3) is 0.625. The Morgan fingerprint density at radius 1 is 1.05 bits per heavy atom. The summed E-state index contributed by atoms with van der Waals surface area (Å²) in [7, 11) is -1.43. The van der Waals surface area contributed by atoms with Crippen molar-refractivity contribution in [3.63, 3.8) is 0 Å². The molecule has 0 heterocycles. The molecule has 0 saturated heterocycles. The van der Waals surface area contributed by atoms with Gasteiger partial charge in [0.15, 0.2) is 0 Å². The lowest BCUT2D eigenvalue weighted by Gasteiger charge is -2.13. The lowest BCUT2D eigenvalue weighted by molar-refractivity contribution is 0.0384. The average Bonchev–Trinajstić information content (AvgIpc) is 2.48. The Balaban J connectivity index is 2.10. The predicted molar refractivity (Wildman–Crippen MR) is 85.9 cm³/mol. The van der Waals surface area contributed by atoms with Gasteiger partial charge in [-0.15, -0.1) is 0 Å². The molecular formula is C16H27BO4. The highest BCUT2D eigenvalue weighted by Crippen LogP contribution is 2.09. The highest BCUT2D eigenvalue weighted by atomic mass is 16.5. The summed E-state index contributed by atoms with van der Waals surface area (Å²) < 4.78 is 11.2. The molecule has 2 N–H and O–H groups in total. The van der Waals surface area contributed by atoms with Crippen LogP contribution in [0.2, 0.25) is 0 Å². The summed E-state index contributed by atoms with van der Waals surface area (Å²) in [5.41, 5.74) is 0.458. The van der Waals surface area contributed by atoms with Gasteiger partial charge in [-0.05, 0) is 30.9 Å². The molecule has 0 amide bonds. The van der Waals surface area contributed by atoms with E-state index in [-0.39, 0.29) is 6.10 Å². The molecule has 0 spiro atoms. The molecule has 0 aromatic heterocycles. The monoisotopic (exact) mass is 294 g/mol. The van der Waals surface area contributed by atoms with E-state index in [1.54, 1.807) is 24.3 Å². The van der Waals surface area contributed by atoms with Crippen LogP contribution in [-0.2, 0) is 4.74 Å². The number of rotatable bonds is 11. The average molecular weight is 294 g/mol. The Bertz CT molecular complexity index is 367. The molecule has 1 atom stereocenters. The van der Waals surface area contributed by atoms with E-state index < -0.39 is 7.12 Å². The second kappa shape index (κ2) is 10.7. The standard InChI is InChI=1S/C16H27BO4/c1-3-4-5-6-7-14(2)20-12-13-21-16-10-8-15(9-11-16)17(18)19/h8-11,14,18-19H,3-7,12-13H2,1-2H3. The molecule has 1 aromatic carbocycles. The van der Waals surface area contributed by atoms with E-state index >= 15 is 0 Å². The lowest BCUT2D eigenvalue weighted by atomic mass is 9.80. The molecule has 1 aromatic rings. The minimum Gasteiger partial charge on any atom is -0.491 e. The maximum atomic E-state index is 8.99. The second-order valence-corrected chi connectivity index (χ2v) is 5.32. The summed E-state index contributed by atoms with van der Waals surface area (Å²) in [4.78, 5) is 0. The predicted octanol–water partition coefficient (Wildman–Crippen LogP) is 2.12. The van der Waals surface area contributed by atoms with Crippen molar-refractivity contribution in [3.05, 3.63) is 24.3 Å². The number of hydrogen-bond donors (Lipinski definition) is 2. The van der Waals surface area contributed by atoms with E-state index in [0.717, 1.165) is 6.42 Å². The van der Waals surface area contributed by atoms with Crippen LogP contribution in [0.5, 0.6) is 5.75 Å². The third-order valence-corrected chi connectivity index (χ3v) is 3.40. The maximum absolute atomic E-state index is 8.99. The van der Waals surface area contributed by atoms with E-state index in [2.05, 4.69) is 13.8 Å². The van der Waals surface area contributed by atoms with Crippen LogP contribution in [-0.4, -0.2) is 36.5 Å². The molecule has 5 heteroatoms. The van der Waals surface area contributed by atoms with Gasteiger partial charge in [0.05, 0.1) is 12.7 Å². The van der Waals surface area contributed by atoms with E-state index in [0.29, 0.717) is 24.4 Å². The first-order valence-corrected chi connectivity index (χ1v) is 7.84. The van der Waals surface area contributed by atoms with Gasteiger partial charge in [0.1, 0.15) is 12.4 Å². The zero-order valence-corrected chi connectivity index (χ0v) is 13.1. The Kier molecular flexibility index (Phi) is 9.14. The Hall–Kier alpha value is -1.04. The van der Waals surface area contributed by atoms with Crippen molar-refractivity contribution in [1.82, 2.24) is 0 Å². The van der Waals surface area contributed by atoms with Crippen LogP contribution in [0.3, 0.4) is 0 Å². The molecule has 118 valence electrons. The van der Waals surface area contributed by atoms with Crippen molar-refractivity contribution in [1.29, 1.82) is 0 Å². The Morgan fingerprint density at radius 2 is 1.76 bits per heavy atom. The van der Waals surface area contributed by atoms with E-state index in [4.69, 9.17) is 19.5 Å². The molecule has 0 aliphatic carbocycles. The van der Waals surface area contributed by atoms with Crippen molar-refractivity contribution in [2.75, 3.05) is 13.2 Å². The number of hydrogen-bond acceptors (Lipinski definition) is 4. The minimum absolute atomic E-state index is 0.275.